The number of hydrogen-bond donors (Lipinski definition) is 2. The molecule has 3 rings (SSSR count). The minimum absolute atomic E-state index is 0.0238. The fourth-order valence-corrected chi connectivity index (χ4v) is 5.19. The Morgan fingerprint density at radius 1 is 1.19 bits per heavy atom. The maximum Gasteiger partial charge on any atom is 0.303 e. The first-order valence-corrected chi connectivity index (χ1v) is 11.9. The third kappa shape index (κ3) is 6.27. The van der Waals surface area contributed by atoms with Gasteiger partial charge in [0.05, 0.1) is 10.7 Å². The molecular formula is C22H26N2O6S. The Hall–Kier alpha value is -2.94. The first kappa shape index (κ1) is 22.7. The number of nitro benzene ring substituents is 1. The highest BCUT2D eigenvalue weighted by atomic mass is 32.2. The Bertz CT molecular complexity index is 1020. The summed E-state index contributed by atoms with van der Waals surface area (Å²) in [6.45, 7) is 0. The molecule has 2 bridgehead atoms. The smallest absolute Gasteiger partial charge is 0.303 e. The highest BCUT2D eigenvalue weighted by Crippen LogP contribution is 2.44. The summed E-state index contributed by atoms with van der Waals surface area (Å²) in [6.07, 6.45) is 11.3. The van der Waals surface area contributed by atoms with E-state index in [1.54, 1.807) is 12.1 Å². The number of sulfonamides is 1. The van der Waals surface area contributed by atoms with Gasteiger partial charge in [-0.2, -0.15) is 0 Å². The van der Waals surface area contributed by atoms with E-state index in [4.69, 9.17) is 5.11 Å². The van der Waals surface area contributed by atoms with Crippen molar-refractivity contribution in [1.82, 2.24) is 4.72 Å². The molecule has 0 saturated heterocycles. The quantitative estimate of drug-likeness (QED) is 0.218. The molecule has 8 nitrogen and oxygen atoms in total. The molecular weight excluding hydrogens is 420 g/mol. The molecule has 2 aliphatic rings. The van der Waals surface area contributed by atoms with Crippen molar-refractivity contribution in [3.8, 4) is 0 Å². The van der Waals surface area contributed by atoms with E-state index in [0.29, 0.717) is 19.3 Å². The third-order valence-corrected chi connectivity index (χ3v) is 6.86. The summed E-state index contributed by atoms with van der Waals surface area (Å²) in [5, 5.41) is 19.4. The molecule has 166 valence electrons. The number of nitrogens with zero attached hydrogens (tertiary/aromatic N) is 1. The number of aliphatic carboxylic acids is 1. The van der Waals surface area contributed by atoms with Crippen LogP contribution in [0.25, 0.3) is 0 Å². The molecule has 0 aliphatic heterocycles. The number of aryl methyl sites for hydroxylation is 1. The van der Waals surface area contributed by atoms with E-state index in [9.17, 15) is 23.3 Å². The molecule has 0 fully saturated rings. The van der Waals surface area contributed by atoms with Crippen LogP contribution in [0.1, 0.15) is 37.7 Å². The van der Waals surface area contributed by atoms with E-state index in [1.165, 1.54) is 12.1 Å². The average molecular weight is 447 g/mol. The SMILES string of the molecule is O=C(O)CCCC=CCC1=C(NS(=O)(=O)CCc2ccc([N+](=O)[O-])cc2)C2C=CC1C2. The lowest BCUT2D eigenvalue weighted by Gasteiger charge is -2.17. The maximum absolute atomic E-state index is 12.7. The van der Waals surface area contributed by atoms with Crippen LogP contribution in [0.2, 0.25) is 0 Å². The molecule has 2 atom stereocenters. The molecule has 1 aromatic rings. The summed E-state index contributed by atoms with van der Waals surface area (Å²) in [7, 11) is -3.56. The van der Waals surface area contributed by atoms with Gasteiger partial charge in [0.1, 0.15) is 0 Å². The van der Waals surface area contributed by atoms with Crippen LogP contribution in [0.3, 0.4) is 0 Å². The van der Waals surface area contributed by atoms with E-state index < -0.39 is 20.9 Å². The lowest BCUT2D eigenvalue weighted by Crippen LogP contribution is -2.29. The Morgan fingerprint density at radius 3 is 2.58 bits per heavy atom. The largest absolute Gasteiger partial charge is 0.481 e. The molecule has 2 aliphatic carbocycles. The van der Waals surface area contributed by atoms with E-state index in [-0.39, 0.29) is 36.1 Å². The Kier molecular flexibility index (Phi) is 7.27. The van der Waals surface area contributed by atoms with Gasteiger partial charge in [-0.1, -0.05) is 36.4 Å². The van der Waals surface area contributed by atoms with E-state index in [0.717, 1.165) is 23.3 Å². The van der Waals surface area contributed by atoms with Gasteiger partial charge >= 0.3 is 5.97 Å². The number of carboxylic acid groups (broad SMARTS) is 1. The second kappa shape index (κ2) is 9.91. The summed E-state index contributed by atoms with van der Waals surface area (Å²) in [5.41, 5.74) is 2.53. The van der Waals surface area contributed by atoms with Crippen molar-refractivity contribution >= 4 is 21.7 Å². The van der Waals surface area contributed by atoms with Crippen LogP contribution in [0.15, 0.2) is 59.8 Å². The highest BCUT2D eigenvalue weighted by Gasteiger charge is 2.36. The van der Waals surface area contributed by atoms with E-state index in [2.05, 4.69) is 10.8 Å². The van der Waals surface area contributed by atoms with Crippen LogP contribution < -0.4 is 4.72 Å². The lowest BCUT2D eigenvalue weighted by molar-refractivity contribution is -0.384. The number of allylic oxidation sites excluding steroid dienone is 5. The van der Waals surface area contributed by atoms with E-state index >= 15 is 0 Å². The topological polar surface area (TPSA) is 127 Å². The number of nitro groups is 1. The monoisotopic (exact) mass is 446 g/mol. The minimum Gasteiger partial charge on any atom is -0.481 e. The number of carbonyl (C=O) groups is 1. The molecule has 0 heterocycles. The van der Waals surface area contributed by atoms with Crippen molar-refractivity contribution in [2.24, 2.45) is 11.8 Å². The number of benzene rings is 1. The summed E-state index contributed by atoms with van der Waals surface area (Å²) in [6, 6.07) is 5.90. The zero-order valence-corrected chi connectivity index (χ0v) is 17.9. The van der Waals surface area contributed by atoms with E-state index in [1.807, 2.05) is 18.2 Å². The summed E-state index contributed by atoms with van der Waals surface area (Å²) >= 11 is 0. The van der Waals surface area contributed by atoms with Crippen molar-refractivity contribution in [3.63, 3.8) is 0 Å². The second-order valence-corrected chi connectivity index (χ2v) is 9.67. The van der Waals surface area contributed by atoms with Crippen molar-refractivity contribution < 1.29 is 23.2 Å². The van der Waals surface area contributed by atoms with Crippen LogP contribution >= 0.6 is 0 Å². The first-order valence-electron chi connectivity index (χ1n) is 10.3. The van der Waals surface area contributed by atoms with Gasteiger partial charge in [0.25, 0.3) is 5.69 Å². The molecule has 0 radical (unpaired) electrons. The minimum atomic E-state index is -3.56. The highest BCUT2D eigenvalue weighted by molar-refractivity contribution is 7.89. The fraction of sp³-hybridized carbons (Fsp3) is 0.409. The number of unbranched alkanes of at least 4 members (excludes halogenated alkanes) is 1. The predicted octanol–water partition coefficient (Wildman–Crippen LogP) is 3.72. The maximum atomic E-state index is 12.7. The first-order chi connectivity index (χ1) is 14.7. The normalized spacial score (nSPS) is 20.0. The third-order valence-electron chi connectivity index (χ3n) is 5.59. The zero-order valence-electron chi connectivity index (χ0n) is 17.1. The molecule has 2 N–H and O–H groups in total. The van der Waals surface area contributed by atoms with Gasteiger partial charge in [-0.05, 0) is 43.2 Å². The van der Waals surface area contributed by atoms with Crippen molar-refractivity contribution in [1.29, 1.82) is 0 Å². The average Bonchev–Trinajstić information content (AvgIpc) is 3.31. The molecule has 9 heteroatoms. The number of nitrogens with one attached hydrogen (secondary N) is 1. The number of non-ortho nitro benzene ring substituents is 1. The van der Waals surface area contributed by atoms with Crippen molar-refractivity contribution in [2.75, 3.05) is 5.75 Å². The van der Waals surface area contributed by atoms with Gasteiger partial charge < -0.3 is 5.11 Å². The lowest BCUT2D eigenvalue weighted by atomic mass is 9.98. The molecule has 0 spiro atoms. The number of hydrogen-bond acceptors (Lipinski definition) is 5. The summed E-state index contributed by atoms with van der Waals surface area (Å²) in [4.78, 5) is 20.8. The zero-order chi connectivity index (χ0) is 22.4. The van der Waals surface area contributed by atoms with Crippen LogP contribution in [0, 0.1) is 22.0 Å². The van der Waals surface area contributed by atoms with Gasteiger partial charge in [-0.15, -0.1) is 0 Å². The standard InChI is InChI=1S/C22H26N2O6S/c25-21(26)6-4-2-1-3-5-20-17-9-10-18(15-17)22(20)23-31(29,30)14-13-16-7-11-19(12-8-16)24(27)28/h1,3,7-12,17-18,23H,2,4-6,13-15H2,(H,25,26). The van der Waals surface area contributed by atoms with Gasteiger partial charge in [0.2, 0.25) is 10.0 Å². The molecule has 31 heavy (non-hydrogen) atoms. The van der Waals surface area contributed by atoms with Crippen LogP contribution in [0.4, 0.5) is 5.69 Å². The number of carboxylic acids is 1. The molecule has 1 aromatic carbocycles. The van der Waals surface area contributed by atoms with Crippen LogP contribution in [-0.4, -0.2) is 30.2 Å². The number of rotatable bonds is 12. The summed E-state index contributed by atoms with van der Waals surface area (Å²) in [5.74, 6) is -0.594. The number of fused-ring (bicyclic) bond motifs is 2. The van der Waals surface area contributed by atoms with Crippen molar-refractivity contribution in [2.45, 2.75) is 38.5 Å². The predicted molar refractivity (Wildman–Crippen MR) is 117 cm³/mol. The molecule has 0 saturated carbocycles. The van der Waals surface area contributed by atoms with Gasteiger partial charge in [-0.25, -0.2) is 8.42 Å². The molecule has 0 amide bonds. The molecule has 0 aromatic heterocycles. The molecule has 2 unspecified atom stereocenters. The Labute approximate surface area is 181 Å². The van der Waals surface area contributed by atoms with Crippen LogP contribution in [0.5, 0.6) is 0 Å². The Morgan fingerprint density at radius 2 is 1.90 bits per heavy atom. The summed E-state index contributed by atoms with van der Waals surface area (Å²) < 4.78 is 28.2. The van der Waals surface area contributed by atoms with Gasteiger partial charge in [0.15, 0.2) is 0 Å². The van der Waals surface area contributed by atoms with Crippen LogP contribution in [-0.2, 0) is 21.2 Å². The second-order valence-electron chi connectivity index (χ2n) is 7.83. The Balaban J connectivity index is 1.59. The van der Waals surface area contributed by atoms with Crippen molar-refractivity contribution in [3.05, 3.63) is 75.5 Å². The van der Waals surface area contributed by atoms with Gasteiger partial charge in [0, 0.05) is 36.1 Å². The van der Waals surface area contributed by atoms with Gasteiger partial charge in [-0.3, -0.25) is 19.6 Å². The fourth-order valence-electron chi connectivity index (χ4n) is 3.97.